The zero-order valence-electron chi connectivity index (χ0n) is 10.4. The summed E-state index contributed by atoms with van der Waals surface area (Å²) in [6, 6.07) is 6.47. The second-order valence-electron chi connectivity index (χ2n) is 4.13. The largest absolute Gasteiger partial charge is 0.478 e. The van der Waals surface area contributed by atoms with Gasteiger partial charge < -0.3 is 10.4 Å². The molecule has 104 valence electrons. The maximum absolute atomic E-state index is 11.3. The molecule has 0 atom stereocenters. The summed E-state index contributed by atoms with van der Waals surface area (Å²) in [5.74, 6) is -2.18. The summed E-state index contributed by atoms with van der Waals surface area (Å²) in [5, 5.41) is 11.4. The van der Waals surface area contributed by atoms with Crippen molar-refractivity contribution in [1.29, 1.82) is 0 Å². The zero-order chi connectivity index (χ0) is 14.5. The topological polar surface area (TPSA) is 101 Å². The average molecular weight is 285 g/mol. The first-order chi connectivity index (χ1) is 8.79. The number of aromatic carboxylic acids is 1. The molecule has 0 aliphatic heterocycles. The highest BCUT2D eigenvalue weighted by Crippen LogP contribution is 2.08. The number of hydrogen-bond acceptors (Lipinski definition) is 4. The highest BCUT2D eigenvalue weighted by atomic mass is 32.2. The number of carboxylic acid groups (broad SMARTS) is 1. The Labute approximate surface area is 111 Å². The fourth-order valence-electron chi connectivity index (χ4n) is 1.57. The fourth-order valence-corrected chi connectivity index (χ4v) is 2.15. The molecule has 1 aromatic carbocycles. The number of carboxylic acids is 1. The third-order valence-corrected chi connectivity index (χ3v) is 3.14. The van der Waals surface area contributed by atoms with E-state index in [0.717, 1.165) is 6.26 Å². The van der Waals surface area contributed by atoms with Gasteiger partial charge >= 0.3 is 5.97 Å². The van der Waals surface area contributed by atoms with Crippen molar-refractivity contribution in [1.82, 2.24) is 5.32 Å². The minimum Gasteiger partial charge on any atom is -0.478 e. The van der Waals surface area contributed by atoms with E-state index in [1.165, 1.54) is 6.07 Å². The van der Waals surface area contributed by atoms with Crippen LogP contribution in [0, 0.1) is 0 Å². The van der Waals surface area contributed by atoms with Gasteiger partial charge in [-0.1, -0.05) is 18.2 Å². The molecule has 7 heteroatoms. The molecule has 0 aliphatic rings. The van der Waals surface area contributed by atoms with E-state index in [4.69, 9.17) is 5.11 Å². The molecule has 0 radical (unpaired) electrons. The van der Waals surface area contributed by atoms with Crippen LogP contribution in [-0.4, -0.2) is 44.0 Å². The zero-order valence-corrected chi connectivity index (χ0v) is 11.2. The van der Waals surface area contributed by atoms with E-state index in [0.29, 0.717) is 12.0 Å². The molecule has 0 aliphatic carbocycles. The molecule has 0 saturated heterocycles. The number of rotatable bonds is 6. The molecular formula is C12H15NO5S. The van der Waals surface area contributed by atoms with Crippen molar-refractivity contribution in [3.05, 3.63) is 35.4 Å². The molecule has 6 nitrogen and oxygen atoms in total. The number of hydrogen-bond donors (Lipinski definition) is 2. The molecule has 1 aromatic rings. The van der Waals surface area contributed by atoms with Crippen LogP contribution in [0.3, 0.4) is 0 Å². The van der Waals surface area contributed by atoms with Gasteiger partial charge in [0.2, 0.25) is 5.91 Å². The molecule has 0 heterocycles. The van der Waals surface area contributed by atoms with E-state index >= 15 is 0 Å². The van der Waals surface area contributed by atoms with Crippen LogP contribution in [0.2, 0.25) is 0 Å². The van der Waals surface area contributed by atoms with Crippen LogP contribution in [0.25, 0.3) is 0 Å². The Morgan fingerprint density at radius 2 is 1.89 bits per heavy atom. The maximum Gasteiger partial charge on any atom is 0.335 e. The van der Waals surface area contributed by atoms with E-state index in [9.17, 15) is 18.0 Å². The van der Waals surface area contributed by atoms with Gasteiger partial charge in [-0.05, 0) is 18.1 Å². The van der Waals surface area contributed by atoms with Gasteiger partial charge in [-0.2, -0.15) is 0 Å². The van der Waals surface area contributed by atoms with Gasteiger partial charge in [-0.25, -0.2) is 13.2 Å². The third-order valence-electron chi connectivity index (χ3n) is 2.36. The summed E-state index contributed by atoms with van der Waals surface area (Å²) in [7, 11) is -3.35. The smallest absolute Gasteiger partial charge is 0.335 e. The maximum atomic E-state index is 11.3. The van der Waals surface area contributed by atoms with Crippen LogP contribution in [0.4, 0.5) is 0 Å². The van der Waals surface area contributed by atoms with E-state index in [1.54, 1.807) is 18.2 Å². The Bertz CT molecular complexity index is 580. The standard InChI is InChI=1S/C12H15NO5S/c1-19(17,18)8-11(14)13-7-6-9-4-2-3-5-10(9)12(15)16/h2-5H,6-8H2,1H3,(H,13,14)(H,15,16). The Morgan fingerprint density at radius 3 is 2.47 bits per heavy atom. The lowest BCUT2D eigenvalue weighted by atomic mass is 10.0. The summed E-state index contributed by atoms with van der Waals surface area (Å²) in [6.45, 7) is 0.193. The molecule has 0 spiro atoms. The molecule has 1 rings (SSSR count). The van der Waals surface area contributed by atoms with Gasteiger partial charge in [0.15, 0.2) is 9.84 Å². The van der Waals surface area contributed by atoms with Gasteiger partial charge in [0.1, 0.15) is 5.75 Å². The monoisotopic (exact) mass is 285 g/mol. The SMILES string of the molecule is CS(=O)(=O)CC(=O)NCCc1ccccc1C(=O)O. The fraction of sp³-hybridized carbons (Fsp3) is 0.333. The first-order valence-electron chi connectivity index (χ1n) is 5.55. The minimum absolute atomic E-state index is 0.180. The third kappa shape index (κ3) is 5.52. The van der Waals surface area contributed by atoms with Crippen molar-refractivity contribution < 1.29 is 23.1 Å². The Hall–Kier alpha value is -1.89. The molecule has 0 saturated carbocycles. The predicted octanol–water partition coefficient (Wildman–Crippen LogP) is 0.0881. The first-order valence-corrected chi connectivity index (χ1v) is 7.61. The number of carbonyl (C=O) groups is 2. The lowest BCUT2D eigenvalue weighted by molar-refractivity contribution is -0.118. The van der Waals surface area contributed by atoms with Gasteiger partial charge in [-0.3, -0.25) is 4.79 Å². The Balaban J connectivity index is 2.55. The van der Waals surface area contributed by atoms with Crippen LogP contribution in [-0.2, 0) is 21.1 Å². The Kier molecular flexibility index (Phi) is 5.05. The van der Waals surface area contributed by atoms with Crippen molar-refractivity contribution in [2.75, 3.05) is 18.6 Å². The first kappa shape index (κ1) is 15.2. The number of nitrogens with one attached hydrogen (secondary N) is 1. The Morgan fingerprint density at radius 1 is 1.26 bits per heavy atom. The van der Waals surface area contributed by atoms with Gasteiger partial charge in [0.25, 0.3) is 0 Å². The molecular weight excluding hydrogens is 270 g/mol. The predicted molar refractivity (Wildman–Crippen MR) is 69.8 cm³/mol. The highest BCUT2D eigenvalue weighted by molar-refractivity contribution is 7.91. The normalized spacial score (nSPS) is 11.0. The highest BCUT2D eigenvalue weighted by Gasteiger charge is 2.11. The van der Waals surface area contributed by atoms with E-state index in [-0.39, 0.29) is 12.1 Å². The van der Waals surface area contributed by atoms with Crippen molar-refractivity contribution in [3.8, 4) is 0 Å². The second kappa shape index (κ2) is 6.33. The lowest BCUT2D eigenvalue weighted by Crippen LogP contribution is -2.31. The number of carbonyl (C=O) groups excluding carboxylic acids is 1. The molecule has 0 aromatic heterocycles. The summed E-state index contributed by atoms with van der Waals surface area (Å²) >= 11 is 0. The van der Waals surface area contributed by atoms with Crippen LogP contribution in [0.15, 0.2) is 24.3 Å². The van der Waals surface area contributed by atoms with Crippen LogP contribution in [0.5, 0.6) is 0 Å². The number of sulfone groups is 1. The molecule has 0 bridgehead atoms. The molecule has 19 heavy (non-hydrogen) atoms. The summed E-state index contributed by atoms with van der Waals surface area (Å²) in [5.41, 5.74) is 0.773. The molecule has 2 N–H and O–H groups in total. The van der Waals surface area contributed by atoms with Gasteiger partial charge in [0, 0.05) is 12.8 Å². The average Bonchev–Trinajstić information content (AvgIpc) is 2.27. The van der Waals surface area contributed by atoms with Crippen molar-refractivity contribution >= 4 is 21.7 Å². The van der Waals surface area contributed by atoms with Crippen molar-refractivity contribution in [3.63, 3.8) is 0 Å². The quantitative estimate of drug-likeness (QED) is 0.771. The summed E-state index contributed by atoms with van der Waals surface area (Å²) < 4.78 is 21.8. The van der Waals surface area contributed by atoms with E-state index < -0.39 is 27.5 Å². The second-order valence-corrected chi connectivity index (χ2v) is 6.27. The molecule has 0 unspecified atom stereocenters. The van der Waals surface area contributed by atoms with Crippen LogP contribution >= 0.6 is 0 Å². The van der Waals surface area contributed by atoms with Crippen molar-refractivity contribution in [2.45, 2.75) is 6.42 Å². The van der Waals surface area contributed by atoms with E-state index in [2.05, 4.69) is 5.32 Å². The summed E-state index contributed by atoms with van der Waals surface area (Å²) in [6.07, 6.45) is 1.31. The van der Waals surface area contributed by atoms with Gasteiger partial charge in [0.05, 0.1) is 5.56 Å². The molecule has 1 amide bonds. The van der Waals surface area contributed by atoms with E-state index in [1.807, 2.05) is 0 Å². The molecule has 0 fully saturated rings. The summed E-state index contributed by atoms with van der Waals surface area (Å²) in [4.78, 5) is 22.2. The number of amides is 1. The van der Waals surface area contributed by atoms with Crippen LogP contribution in [0.1, 0.15) is 15.9 Å². The van der Waals surface area contributed by atoms with Crippen molar-refractivity contribution in [2.24, 2.45) is 0 Å². The minimum atomic E-state index is -3.35. The van der Waals surface area contributed by atoms with Crippen LogP contribution < -0.4 is 5.32 Å². The van der Waals surface area contributed by atoms with Gasteiger partial charge in [-0.15, -0.1) is 0 Å². The number of benzene rings is 1. The lowest BCUT2D eigenvalue weighted by Gasteiger charge is -2.07.